The highest BCUT2D eigenvalue weighted by molar-refractivity contribution is 5.76. The van der Waals surface area contributed by atoms with E-state index in [4.69, 9.17) is 4.42 Å². The fourth-order valence-corrected chi connectivity index (χ4v) is 1.92. The minimum absolute atomic E-state index is 0.111. The molecule has 7 heteroatoms. The van der Waals surface area contributed by atoms with Gasteiger partial charge in [0.1, 0.15) is 11.6 Å². The molecular formula is C16H19F2N3O2. The molecule has 0 saturated carbocycles. The van der Waals surface area contributed by atoms with E-state index in [2.05, 4.69) is 15.6 Å². The lowest BCUT2D eigenvalue weighted by atomic mass is 10.2. The first-order valence-electron chi connectivity index (χ1n) is 7.33. The van der Waals surface area contributed by atoms with E-state index in [0.29, 0.717) is 18.9 Å². The first-order chi connectivity index (χ1) is 11.0. The maximum absolute atomic E-state index is 13.7. The third kappa shape index (κ3) is 4.85. The van der Waals surface area contributed by atoms with Crippen LogP contribution in [-0.2, 0) is 11.2 Å². The van der Waals surface area contributed by atoms with Gasteiger partial charge in [-0.2, -0.15) is 0 Å². The predicted molar refractivity (Wildman–Crippen MR) is 81.7 cm³/mol. The van der Waals surface area contributed by atoms with Crippen molar-refractivity contribution in [1.29, 1.82) is 0 Å². The van der Waals surface area contributed by atoms with E-state index >= 15 is 0 Å². The van der Waals surface area contributed by atoms with Gasteiger partial charge in [0.25, 0.3) is 0 Å². The molecule has 124 valence electrons. The summed E-state index contributed by atoms with van der Waals surface area (Å²) in [6, 6.07) is 3.42. The quantitative estimate of drug-likeness (QED) is 0.820. The molecule has 0 aliphatic heterocycles. The Morgan fingerprint density at radius 2 is 2.17 bits per heavy atom. The molecule has 0 aliphatic carbocycles. The second-order valence-electron chi connectivity index (χ2n) is 5.24. The Bertz CT molecular complexity index is 673. The van der Waals surface area contributed by atoms with Crippen molar-refractivity contribution in [2.45, 2.75) is 25.8 Å². The van der Waals surface area contributed by atoms with Crippen LogP contribution in [0.15, 0.2) is 28.8 Å². The van der Waals surface area contributed by atoms with E-state index in [1.807, 2.05) is 14.0 Å². The number of amides is 1. The molecule has 2 aromatic rings. The van der Waals surface area contributed by atoms with E-state index in [-0.39, 0.29) is 29.7 Å². The monoisotopic (exact) mass is 323 g/mol. The molecule has 0 spiro atoms. The topological polar surface area (TPSA) is 67.2 Å². The Balaban J connectivity index is 1.91. The van der Waals surface area contributed by atoms with Crippen LogP contribution in [-0.4, -0.2) is 30.5 Å². The van der Waals surface area contributed by atoms with E-state index < -0.39 is 11.6 Å². The number of carbonyl (C=O) groups excluding carboxylic acids is 1. The van der Waals surface area contributed by atoms with Gasteiger partial charge in [-0.1, -0.05) is 0 Å². The van der Waals surface area contributed by atoms with Crippen molar-refractivity contribution in [3.8, 4) is 11.3 Å². The molecule has 1 aromatic carbocycles. The zero-order valence-corrected chi connectivity index (χ0v) is 13.0. The first-order valence-corrected chi connectivity index (χ1v) is 7.33. The van der Waals surface area contributed by atoms with Crippen LogP contribution in [0.25, 0.3) is 11.3 Å². The molecule has 1 heterocycles. The zero-order chi connectivity index (χ0) is 16.8. The van der Waals surface area contributed by atoms with Gasteiger partial charge in [-0.3, -0.25) is 4.79 Å². The van der Waals surface area contributed by atoms with Crippen LogP contribution < -0.4 is 10.6 Å². The Kier molecular flexibility index (Phi) is 5.81. The molecule has 5 nitrogen and oxygen atoms in total. The van der Waals surface area contributed by atoms with Crippen molar-refractivity contribution >= 4 is 5.91 Å². The van der Waals surface area contributed by atoms with Crippen LogP contribution >= 0.6 is 0 Å². The third-order valence-electron chi connectivity index (χ3n) is 3.41. The average Bonchev–Trinajstić information content (AvgIpc) is 2.99. The highest BCUT2D eigenvalue weighted by Gasteiger charge is 2.13. The van der Waals surface area contributed by atoms with Gasteiger partial charge in [-0.15, -0.1) is 0 Å². The Labute approximate surface area is 133 Å². The van der Waals surface area contributed by atoms with Gasteiger partial charge < -0.3 is 15.1 Å². The molecule has 0 fully saturated rings. The van der Waals surface area contributed by atoms with Crippen molar-refractivity contribution in [2.24, 2.45) is 0 Å². The van der Waals surface area contributed by atoms with Crippen LogP contribution in [0.2, 0.25) is 0 Å². The number of oxazole rings is 1. The first kappa shape index (κ1) is 17.1. The average molecular weight is 323 g/mol. The van der Waals surface area contributed by atoms with Crippen molar-refractivity contribution in [1.82, 2.24) is 15.6 Å². The van der Waals surface area contributed by atoms with Crippen LogP contribution in [0, 0.1) is 11.6 Å². The number of hydrogen-bond acceptors (Lipinski definition) is 4. The van der Waals surface area contributed by atoms with Crippen LogP contribution in [0.1, 0.15) is 19.2 Å². The number of hydrogen-bond donors (Lipinski definition) is 2. The highest BCUT2D eigenvalue weighted by Crippen LogP contribution is 2.24. The third-order valence-corrected chi connectivity index (χ3v) is 3.41. The summed E-state index contributed by atoms with van der Waals surface area (Å²) >= 11 is 0. The molecule has 0 saturated heterocycles. The minimum atomic E-state index is -0.716. The van der Waals surface area contributed by atoms with Crippen LogP contribution in [0.5, 0.6) is 0 Å². The van der Waals surface area contributed by atoms with Crippen molar-refractivity contribution in [3.05, 3.63) is 41.9 Å². The number of aromatic nitrogens is 1. The molecule has 2 N–H and O–H groups in total. The number of carbonyl (C=O) groups is 1. The maximum atomic E-state index is 13.7. The van der Waals surface area contributed by atoms with Gasteiger partial charge in [0.15, 0.2) is 11.7 Å². The molecule has 1 atom stereocenters. The van der Waals surface area contributed by atoms with E-state index in [9.17, 15) is 13.6 Å². The fourth-order valence-electron chi connectivity index (χ4n) is 1.92. The zero-order valence-electron chi connectivity index (χ0n) is 13.0. The summed E-state index contributed by atoms with van der Waals surface area (Å²) in [5.74, 6) is -0.938. The van der Waals surface area contributed by atoms with Gasteiger partial charge in [0, 0.05) is 31.5 Å². The van der Waals surface area contributed by atoms with Gasteiger partial charge in [0.2, 0.25) is 5.91 Å². The van der Waals surface area contributed by atoms with Crippen molar-refractivity contribution < 1.29 is 18.0 Å². The Morgan fingerprint density at radius 3 is 2.87 bits per heavy atom. The Hall–Kier alpha value is -2.28. The molecule has 23 heavy (non-hydrogen) atoms. The number of nitrogens with zero attached hydrogens (tertiary/aromatic N) is 1. The van der Waals surface area contributed by atoms with E-state index in [0.717, 1.165) is 12.1 Å². The smallest absolute Gasteiger partial charge is 0.220 e. The lowest BCUT2D eigenvalue weighted by Crippen LogP contribution is -2.37. The van der Waals surface area contributed by atoms with Gasteiger partial charge in [-0.05, 0) is 26.1 Å². The number of benzene rings is 1. The highest BCUT2D eigenvalue weighted by atomic mass is 19.1. The summed E-state index contributed by atoms with van der Waals surface area (Å²) in [6.07, 6.45) is 1.90. The summed E-state index contributed by atoms with van der Waals surface area (Å²) < 4.78 is 32.0. The van der Waals surface area contributed by atoms with Crippen molar-refractivity contribution in [3.63, 3.8) is 0 Å². The summed E-state index contributed by atoms with van der Waals surface area (Å²) in [5, 5.41) is 5.80. The summed E-state index contributed by atoms with van der Waals surface area (Å²) in [4.78, 5) is 15.7. The normalized spacial score (nSPS) is 12.2. The van der Waals surface area contributed by atoms with Gasteiger partial charge in [0.05, 0.1) is 11.8 Å². The number of rotatable bonds is 7. The summed E-state index contributed by atoms with van der Waals surface area (Å²) in [5.41, 5.74) is 0.137. The second-order valence-corrected chi connectivity index (χ2v) is 5.24. The van der Waals surface area contributed by atoms with Gasteiger partial charge in [-0.25, -0.2) is 13.8 Å². The van der Waals surface area contributed by atoms with E-state index in [1.54, 1.807) is 0 Å². The maximum Gasteiger partial charge on any atom is 0.220 e. The molecule has 0 aliphatic rings. The van der Waals surface area contributed by atoms with Crippen LogP contribution in [0.3, 0.4) is 0 Å². The molecular weight excluding hydrogens is 304 g/mol. The van der Waals surface area contributed by atoms with Crippen molar-refractivity contribution in [2.75, 3.05) is 13.6 Å². The van der Waals surface area contributed by atoms with Gasteiger partial charge >= 0.3 is 0 Å². The Morgan fingerprint density at radius 1 is 1.39 bits per heavy atom. The SMILES string of the molecule is CNC(C)CNC(=O)CCc1ncc(-c2ccc(F)cc2F)o1. The standard InChI is InChI=1S/C16H19F2N3O2/c1-10(19-2)8-20-15(22)5-6-16-21-9-14(23-16)12-4-3-11(17)7-13(12)18/h3-4,7,9-10,19H,5-6,8H2,1-2H3,(H,20,22). The molecule has 1 aromatic heterocycles. The summed E-state index contributed by atoms with van der Waals surface area (Å²) in [7, 11) is 1.82. The van der Waals surface area contributed by atoms with E-state index in [1.165, 1.54) is 12.3 Å². The molecule has 0 radical (unpaired) electrons. The molecule has 0 bridgehead atoms. The largest absolute Gasteiger partial charge is 0.441 e. The second kappa shape index (κ2) is 7.82. The predicted octanol–water partition coefficient (Wildman–Crippen LogP) is 2.28. The molecule has 2 rings (SSSR count). The molecule has 1 unspecified atom stereocenters. The minimum Gasteiger partial charge on any atom is -0.441 e. The lowest BCUT2D eigenvalue weighted by Gasteiger charge is -2.10. The molecule has 1 amide bonds. The number of halogens is 2. The lowest BCUT2D eigenvalue weighted by molar-refractivity contribution is -0.121. The summed E-state index contributed by atoms with van der Waals surface area (Å²) in [6.45, 7) is 2.49. The fraction of sp³-hybridized carbons (Fsp3) is 0.375. The number of nitrogens with one attached hydrogen (secondary N) is 2. The van der Waals surface area contributed by atoms with Crippen LogP contribution in [0.4, 0.5) is 8.78 Å². The number of likely N-dealkylation sites (N-methyl/N-ethyl adjacent to an activating group) is 1. The number of aryl methyl sites for hydroxylation is 1.